The Labute approximate surface area is 139 Å². The molecule has 2 aromatic carbocycles. The molecule has 2 aromatic rings. The molecule has 0 aliphatic carbocycles. The third-order valence-electron chi connectivity index (χ3n) is 3.30. The Morgan fingerprint density at radius 2 is 1.95 bits per heavy atom. The molecule has 4 nitrogen and oxygen atoms in total. The van der Waals surface area contributed by atoms with Crippen LogP contribution in [0, 0.1) is 0 Å². The summed E-state index contributed by atoms with van der Waals surface area (Å²) in [6.07, 6.45) is 0. The van der Waals surface area contributed by atoms with Gasteiger partial charge in [-0.1, -0.05) is 40.2 Å². The van der Waals surface area contributed by atoms with Crippen LogP contribution in [0.2, 0.25) is 0 Å². The highest BCUT2D eigenvalue weighted by atomic mass is 79.9. The maximum atomic E-state index is 12.0. The van der Waals surface area contributed by atoms with E-state index in [1.54, 1.807) is 7.11 Å². The number of rotatable bonds is 5. The minimum Gasteiger partial charge on any atom is -0.497 e. The molecule has 1 atom stereocenters. The largest absolute Gasteiger partial charge is 0.497 e. The number of amides is 2. The number of nitrogens with one attached hydrogen (secondary N) is 2. The normalized spacial score (nSPS) is 11.6. The topological polar surface area (TPSA) is 50.4 Å². The molecule has 0 saturated carbocycles. The van der Waals surface area contributed by atoms with Crippen molar-refractivity contribution in [1.82, 2.24) is 10.6 Å². The predicted octanol–water partition coefficient (Wildman–Crippen LogP) is 4.02. The molecule has 0 aliphatic heterocycles. The second kappa shape index (κ2) is 7.84. The van der Waals surface area contributed by atoms with Gasteiger partial charge in [0.15, 0.2) is 0 Å². The van der Waals surface area contributed by atoms with E-state index in [1.807, 2.05) is 55.5 Å². The van der Waals surface area contributed by atoms with E-state index in [0.717, 1.165) is 21.3 Å². The molecule has 0 spiro atoms. The molecule has 0 aromatic heterocycles. The van der Waals surface area contributed by atoms with Crippen LogP contribution in [0.4, 0.5) is 4.79 Å². The summed E-state index contributed by atoms with van der Waals surface area (Å²) in [7, 11) is 1.62. The number of methoxy groups -OCH3 is 1. The highest BCUT2D eigenvalue weighted by Crippen LogP contribution is 2.16. The number of ether oxygens (including phenoxy) is 1. The molecule has 0 aliphatic rings. The summed E-state index contributed by atoms with van der Waals surface area (Å²) in [6, 6.07) is 15.3. The molecule has 0 heterocycles. The van der Waals surface area contributed by atoms with Crippen LogP contribution in [0.3, 0.4) is 0 Å². The molecule has 0 unspecified atom stereocenters. The van der Waals surface area contributed by atoms with Gasteiger partial charge in [0.2, 0.25) is 0 Å². The second-order valence-electron chi connectivity index (χ2n) is 4.95. The van der Waals surface area contributed by atoms with Crippen molar-refractivity contribution in [2.45, 2.75) is 19.5 Å². The highest BCUT2D eigenvalue weighted by molar-refractivity contribution is 9.10. The maximum Gasteiger partial charge on any atom is 0.315 e. The minimum absolute atomic E-state index is 0.0570. The molecule has 2 N–H and O–H groups in total. The SMILES string of the molecule is COc1cccc(CNC(=O)N[C@@H](C)c2ccc(Br)cc2)c1. The Morgan fingerprint density at radius 3 is 2.64 bits per heavy atom. The van der Waals surface area contributed by atoms with Crippen LogP contribution in [-0.2, 0) is 6.54 Å². The summed E-state index contributed by atoms with van der Waals surface area (Å²) in [4.78, 5) is 12.0. The molecule has 0 fully saturated rings. The van der Waals surface area contributed by atoms with Gasteiger partial charge < -0.3 is 15.4 Å². The zero-order valence-electron chi connectivity index (χ0n) is 12.6. The Kier molecular flexibility index (Phi) is 5.83. The van der Waals surface area contributed by atoms with E-state index in [2.05, 4.69) is 26.6 Å². The molecular formula is C17H19BrN2O2. The third kappa shape index (κ3) is 4.77. The Bertz CT molecular complexity index is 629. The lowest BCUT2D eigenvalue weighted by Crippen LogP contribution is -2.36. The smallest absolute Gasteiger partial charge is 0.315 e. The first-order valence-electron chi connectivity index (χ1n) is 7.01. The first-order valence-corrected chi connectivity index (χ1v) is 7.80. The lowest BCUT2D eigenvalue weighted by atomic mass is 10.1. The highest BCUT2D eigenvalue weighted by Gasteiger charge is 2.09. The molecule has 2 rings (SSSR count). The predicted molar refractivity (Wildman–Crippen MR) is 90.9 cm³/mol. The molecule has 22 heavy (non-hydrogen) atoms. The number of urea groups is 1. The average Bonchev–Trinajstić information content (AvgIpc) is 2.53. The van der Waals surface area contributed by atoms with E-state index in [0.29, 0.717) is 6.54 Å². The van der Waals surface area contributed by atoms with Gasteiger partial charge >= 0.3 is 6.03 Å². The van der Waals surface area contributed by atoms with E-state index >= 15 is 0 Å². The number of carbonyl (C=O) groups excluding carboxylic acids is 1. The molecule has 0 radical (unpaired) electrons. The van der Waals surface area contributed by atoms with Crippen LogP contribution in [-0.4, -0.2) is 13.1 Å². The molecule has 5 heteroatoms. The van der Waals surface area contributed by atoms with Gasteiger partial charge in [-0.3, -0.25) is 0 Å². The lowest BCUT2D eigenvalue weighted by Gasteiger charge is -2.15. The Hall–Kier alpha value is -2.01. The van der Waals surface area contributed by atoms with Crippen molar-refractivity contribution in [3.05, 3.63) is 64.1 Å². The fourth-order valence-electron chi connectivity index (χ4n) is 2.05. The lowest BCUT2D eigenvalue weighted by molar-refractivity contribution is 0.237. The number of carbonyl (C=O) groups is 1. The van der Waals surface area contributed by atoms with Crippen LogP contribution >= 0.6 is 15.9 Å². The summed E-state index contributed by atoms with van der Waals surface area (Å²) >= 11 is 3.40. The number of benzene rings is 2. The monoisotopic (exact) mass is 362 g/mol. The van der Waals surface area contributed by atoms with Crippen molar-refractivity contribution in [2.75, 3.05) is 7.11 Å². The van der Waals surface area contributed by atoms with E-state index in [9.17, 15) is 4.79 Å². The van der Waals surface area contributed by atoms with Crippen LogP contribution in [0.1, 0.15) is 24.1 Å². The van der Waals surface area contributed by atoms with Gasteiger partial charge in [-0.2, -0.15) is 0 Å². The quantitative estimate of drug-likeness (QED) is 0.843. The van der Waals surface area contributed by atoms with Gasteiger partial charge in [0, 0.05) is 11.0 Å². The van der Waals surface area contributed by atoms with Crippen molar-refractivity contribution in [1.29, 1.82) is 0 Å². The summed E-state index contributed by atoms with van der Waals surface area (Å²) in [6.45, 7) is 2.41. The van der Waals surface area contributed by atoms with E-state index in [4.69, 9.17) is 4.74 Å². The van der Waals surface area contributed by atoms with E-state index in [-0.39, 0.29) is 12.1 Å². The average molecular weight is 363 g/mol. The maximum absolute atomic E-state index is 12.0. The van der Waals surface area contributed by atoms with Gasteiger partial charge in [0.1, 0.15) is 5.75 Å². The summed E-state index contributed by atoms with van der Waals surface area (Å²) in [5, 5.41) is 5.77. The second-order valence-corrected chi connectivity index (χ2v) is 5.87. The van der Waals surface area contributed by atoms with E-state index in [1.165, 1.54) is 0 Å². The van der Waals surface area contributed by atoms with Gasteiger partial charge in [-0.15, -0.1) is 0 Å². The first kappa shape index (κ1) is 16.4. The Balaban J connectivity index is 1.85. The van der Waals surface area contributed by atoms with Crippen molar-refractivity contribution >= 4 is 22.0 Å². The zero-order chi connectivity index (χ0) is 15.9. The van der Waals surface area contributed by atoms with Crippen LogP contribution in [0.25, 0.3) is 0 Å². The molecule has 116 valence electrons. The number of hydrogen-bond donors (Lipinski definition) is 2. The van der Waals surface area contributed by atoms with Gasteiger partial charge in [0.05, 0.1) is 13.2 Å². The summed E-state index contributed by atoms with van der Waals surface area (Å²) in [5.74, 6) is 0.780. The van der Waals surface area contributed by atoms with Crippen molar-refractivity contribution < 1.29 is 9.53 Å². The molecular weight excluding hydrogens is 344 g/mol. The molecule has 0 saturated heterocycles. The van der Waals surface area contributed by atoms with Crippen molar-refractivity contribution in [2.24, 2.45) is 0 Å². The third-order valence-corrected chi connectivity index (χ3v) is 3.83. The number of hydrogen-bond acceptors (Lipinski definition) is 2. The minimum atomic E-state index is -0.196. The number of halogens is 1. The molecule has 2 amide bonds. The standard InChI is InChI=1S/C17H19BrN2O2/c1-12(14-6-8-15(18)9-7-14)20-17(21)19-11-13-4-3-5-16(10-13)22-2/h3-10,12H,11H2,1-2H3,(H2,19,20,21)/t12-/m0/s1. The fraction of sp³-hybridized carbons (Fsp3) is 0.235. The summed E-state index contributed by atoms with van der Waals surface area (Å²) < 4.78 is 6.18. The van der Waals surface area contributed by atoms with Crippen LogP contribution < -0.4 is 15.4 Å². The van der Waals surface area contributed by atoms with Gasteiger partial charge in [-0.25, -0.2) is 4.79 Å². The summed E-state index contributed by atoms with van der Waals surface area (Å²) in [5.41, 5.74) is 2.05. The van der Waals surface area contributed by atoms with E-state index < -0.39 is 0 Å². The Morgan fingerprint density at radius 1 is 1.23 bits per heavy atom. The van der Waals surface area contributed by atoms with Crippen LogP contribution in [0.5, 0.6) is 5.75 Å². The fourth-order valence-corrected chi connectivity index (χ4v) is 2.31. The van der Waals surface area contributed by atoms with Crippen molar-refractivity contribution in [3.8, 4) is 5.75 Å². The van der Waals surface area contributed by atoms with Crippen molar-refractivity contribution in [3.63, 3.8) is 0 Å². The van der Waals surface area contributed by atoms with Gasteiger partial charge in [0.25, 0.3) is 0 Å². The van der Waals surface area contributed by atoms with Crippen LogP contribution in [0.15, 0.2) is 53.0 Å². The molecule has 0 bridgehead atoms. The zero-order valence-corrected chi connectivity index (χ0v) is 14.2. The first-order chi connectivity index (χ1) is 10.6. The van der Waals surface area contributed by atoms with Gasteiger partial charge in [-0.05, 0) is 42.3 Å².